The van der Waals surface area contributed by atoms with E-state index in [4.69, 9.17) is 0 Å². The van der Waals surface area contributed by atoms with Gasteiger partial charge in [0.05, 0.1) is 6.54 Å². The molecule has 1 aliphatic heterocycles. The van der Waals surface area contributed by atoms with E-state index in [0.717, 1.165) is 26.2 Å². The molecule has 0 aromatic carbocycles. The van der Waals surface area contributed by atoms with Crippen LogP contribution in [0.1, 0.15) is 20.8 Å². The molecule has 1 N–H and O–H groups in total. The number of nitrogens with one attached hydrogen (secondary N) is 1. The topological polar surface area (TPSA) is 52.7 Å². The average Bonchev–Trinajstić information content (AvgIpc) is 2.34. The van der Waals surface area contributed by atoms with Crippen LogP contribution in [0.4, 0.5) is 0 Å². The lowest BCUT2D eigenvalue weighted by Crippen LogP contribution is -2.55. The van der Waals surface area contributed by atoms with Crippen LogP contribution in [-0.4, -0.2) is 59.9 Å². The molecule has 2 amide bonds. The Labute approximate surface area is 109 Å². The number of rotatable bonds is 3. The monoisotopic (exact) mass is 253 g/mol. The molecule has 0 aromatic rings. The van der Waals surface area contributed by atoms with Gasteiger partial charge in [0.2, 0.25) is 11.8 Å². The molecule has 0 atom stereocenters. The van der Waals surface area contributed by atoms with Crippen LogP contribution in [0.15, 0.2) is 12.7 Å². The predicted octanol–water partition coefficient (Wildman–Crippen LogP) is 0.231. The maximum atomic E-state index is 11.8. The van der Waals surface area contributed by atoms with Crippen LogP contribution >= 0.6 is 0 Å². The average molecular weight is 253 g/mol. The van der Waals surface area contributed by atoms with Crippen molar-refractivity contribution in [1.82, 2.24) is 15.1 Å². The summed E-state index contributed by atoms with van der Waals surface area (Å²) in [6.45, 7) is 13.1. The van der Waals surface area contributed by atoms with Gasteiger partial charge in [0, 0.05) is 31.7 Å². The number of carbonyl (C=O) groups excluding carboxylic acids is 2. The smallest absolute Gasteiger partial charge is 0.243 e. The Morgan fingerprint density at radius 1 is 1.22 bits per heavy atom. The van der Waals surface area contributed by atoms with Gasteiger partial charge in [-0.25, -0.2) is 0 Å². The minimum absolute atomic E-state index is 0.0289. The maximum Gasteiger partial charge on any atom is 0.243 e. The van der Waals surface area contributed by atoms with Crippen molar-refractivity contribution in [2.75, 3.05) is 32.7 Å². The molecule has 102 valence electrons. The van der Waals surface area contributed by atoms with Gasteiger partial charge in [0.1, 0.15) is 0 Å². The van der Waals surface area contributed by atoms with E-state index in [-0.39, 0.29) is 23.9 Å². The first-order valence-corrected chi connectivity index (χ1v) is 6.27. The van der Waals surface area contributed by atoms with Crippen LogP contribution in [0.2, 0.25) is 0 Å². The largest absolute Gasteiger partial charge is 0.343 e. The van der Waals surface area contributed by atoms with Crippen LogP contribution < -0.4 is 5.32 Å². The van der Waals surface area contributed by atoms with Crippen molar-refractivity contribution < 1.29 is 9.59 Å². The fourth-order valence-electron chi connectivity index (χ4n) is 1.97. The summed E-state index contributed by atoms with van der Waals surface area (Å²) in [4.78, 5) is 27.0. The highest BCUT2D eigenvalue weighted by atomic mass is 16.2. The number of amides is 2. The number of nitrogens with zero attached hydrogens (tertiary/aromatic N) is 2. The van der Waals surface area contributed by atoms with E-state index < -0.39 is 0 Å². The summed E-state index contributed by atoms with van der Waals surface area (Å²) in [5, 5.41) is 2.51. The minimum atomic E-state index is -0.309. The molecule has 5 heteroatoms. The summed E-state index contributed by atoms with van der Waals surface area (Å²) in [6.07, 6.45) is 1.17. The lowest BCUT2D eigenvalue weighted by atomic mass is 10.1. The van der Waals surface area contributed by atoms with Crippen molar-refractivity contribution in [1.29, 1.82) is 0 Å². The Hall–Kier alpha value is -1.36. The summed E-state index contributed by atoms with van der Waals surface area (Å²) >= 11 is 0. The zero-order chi connectivity index (χ0) is 13.8. The Balaban J connectivity index is 2.36. The molecule has 0 spiro atoms. The highest BCUT2D eigenvalue weighted by Gasteiger charge is 2.27. The molecule has 1 rings (SSSR count). The van der Waals surface area contributed by atoms with Gasteiger partial charge in [0.15, 0.2) is 0 Å². The van der Waals surface area contributed by atoms with Gasteiger partial charge in [-0.15, -0.1) is 0 Å². The molecular weight excluding hydrogens is 230 g/mol. The Kier molecular flexibility index (Phi) is 4.90. The van der Waals surface area contributed by atoms with Crippen molar-refractivity contribution in [3.05, 3.63) is 12.7 Å². The summed E-state index contributed by atoms with van der Waals surface area (Å²) in [5.74, 6) is -0.338. The first-order valence-electron chi connectivity index (χ1n) is 6.27. The third kappa shape index (κ3) is 4.14. The predicted molar refractivity (Wildman–Crippen MR) is 71.1 cm³/mol. The van der Waals surface area contributed by atoms with Crippen molar-refractivity contribution >= 4 is 11.8 Å². The Morgan fingerprint density at radius 2 is 1.78 bits per heavy atom. The van der Waals surface area contributed by atoms with Gasteiger partial charge in [-0.3, -0.25) is 14.5 Å². The molecule has 1 saturated heterocycles. The first kappa shape index (κ1) is 14.7. The van der Waals surface area contributed by atoms with E-state index in [0.29, 0.717) is 0 Å². The van der Waals surface area contributed by atoms with E-state index in [1.807, 2.05) is 0 Å². The molecule has 5 nitrogen and oxygen atoms in total. The third-order valence-corrected chi connectivity index (χ3v) is 3.18. The van der Waals surface area contributed by atoms with Crippen molar-refractivity contribution in [3.8, 4) is 0 Å². The van der Waals surface area contributed by atoms with Gasteiger partial charge >= 0.3 is 0 Å². The fourth-order valence-corrected chi connectivity index (χ4v) is 1.97. The second-order valence-corrected chi connectivity index (χ2v) is 5.46. The summed E-state index contributed by atoms with van der Waals surface area (Å²) in [5.41, 5.74) is 0.145. The zero-order valence-corrected chi connectivity index (χ0v) is 11.5. The molecule has 18 heavy (non-hydrogen) atoms. The standard InChI is InChI=1S/C13H23N3O2/c1-5-11(17)14-10-12(18)15-6-8-16(9-7-15)13(2,3)4/h5H,1,6-10H2,2-4H3,(H,14,17). The fraction of sp³-hybridized carbons (Fsp3) is 0.692. The lowest BCUT2D eigenvalue weighted by molar-refractivity contribution is -0.134. The van der Waals surface area contributed by atoms with Crippen LogP contribution in [0.25, 0.3) is 0 Å². The zero-order valence-electron chi connectivity index (χ0n) is 11.5. The highest BCUT2D eigenvalue weighted by Crippen LogP contribution is 2.15. The van der Waals surface area contributed by atoms with Crippen molar-refractivity contribution in [2.45, 2.75) is 26.3 Å². The normalized spacial score (nSPS) is 17.4. The molecule has 0 saturated carbocycles. The van der Waals surface area contributed by atoms with E-state index in [9.17, 15) is 9.59 Å². The number of hydrogen-bond acceptors (Lipinski definition) is 3. The van der Waals surface area contributed by atoms with Gasteiger partial charge in [-0.1, -0.05) is 6.58 Å². The molecule has 1 heterocycles. The molecule has 0 bridgehead atoms. The summed E-state index contributed by atoms with van der Waals surface area (Å²) < 4.78 is 0. The van der Waals surface area contributed by atoms with Crippen molar-refractivity contribution in [2.24, 2.45) is 0 Å². The lowest BCUT2D eigenvalue weighted by Gasteiger charge is -2.42. The first-order chi connectivity index (χ1) is 8.34. The Bertz CT molecular complexity index is 326. The van der Waals surface area contributed by atoms with E-state index in [1.54, 1.807) is 4.90 Å². The minimum Gasteiger partial charge on any atom is -0.343 e. The SMILES string of the molecule is C=CC(=O)NCC(=O)N1CCN(C(C)(C)C)CC1. The number of piperazine rings is 1. The molecule has 0 radical (unpaired) electrons. The summed E-state index contributed by atoms with van der Waals surface area (Å²) in [6, 6.07) is 0. The molecule has 1 aliphatic rings. The summed E-state index contributed by atoms with van der Waals surface area (Å²) in [7, 11) is 0. The van der Waals surface area contributed by atoms with Crippen molar-refractivity contribution in [3.63, 3.8) is 0 Å². The van der Waals surface area contributed by atoms with Crippen LogP contribution in [0, 0.1) is 0 Å². The van der Waals surface area contributed by atoms with Gasteiger partial charge in [-0.05, 0) is 26.8 Å². The molecule has 0 unspecified atom stereocenters. The van der Waals surface area contributed by atoms with Crippen LogP contribution in [-0.2, 0) is 9.59 Å². The Morgan fingerprint density at radius 3 is 2.22 bits per heavy atom. The quantitative estimate of drug-likeness (QED) is 0.733. The maximum absolute atomic E-state index is 11.8. The second-order valence-electron chi connectivity index (χ2n) is 5.46. The molecule has 1 fully saturated rings. The van der Waals surface area contributed by atoms with Crippen LogP contribution in [0.5, 0.6) is 0 Å². The van der Waals surface area contributed by atoms with E-state index in [1.165, 1.54) is 6.08 Å². The van der Waals surface area contributed by atoms with Crippen LogP contribution in [0.3, 0.4) is 0 Å². The van der Waals surface area contributed by atoms with Gasteiger partial charge in [0.25, 0.3) is 0 Å². The molecular formula is C13H23N3O2. The number of carbonyl (C=O) groups is 2. The second kappa shape index (κ2) is 6.00. The van der Waals surface area contributed by atoms with Gasteiger partial charge < -0.3 is 10.2 Å². The molecule has 0 aromatic heterocycles. The van der Waals surface area contributed by atoms with Gasteiger partial charge in [-0.2, -0.15) is 0 Å². The van der Waals surface area contributed by atoms with E-state index in [2.05, 4.69) is 37.6 Å². The highest BCUT2D eigenvalue weighted by molar-refractivity contribution is 5.90. The molecule has 0 aliphatic carbocycles. The van der Waals surface area contributed by atoms with E-state index >= 15 is 0 Å². The number of hydrogen-bond donors (Lipinski definition) is 1. The third-order valence-electron chi connectivity index (χ3n) is 3.18.